The summed E-state index contributed by atoms with van der Waals surface area (Å²) in [5, 5.41) is 0. The van der Waals surface area contributed by atoms with Crippen LogP contribution >= 0.6 is 20.0 Å². The summed E-state index contributed by atoms with van der Waals surface area (Å²) < 4.78 is 57.9. The third-order valence-electron chi connectivity index (χ3n) is 10.0. The predicted octanol–water partition coefficient (Wildman–Crippen LogP) is 9.81. The topological polar surface area (TPSA) is 108 Å². The molecule has 1 fully saturated rings. The predicted molar refractivity (Wildman–Crippen MR) is 243 cm³/mol. The second-order valence-corrected chi connectivity index (χ2v) is 25.8. The van der Waals surface area contributed by atoms with Gasteiger partial charge in [0, 0.05) is 0 Å². The van der Waals surface area contributed by atoms with Crippen LogP contribution in [0.1, 0.15) is 97.8 Å². The van der Waals surface area contributed by atoms with Gasteiger partial charge in [-0.25, -0.2) is 0 Å². The molecule has 0 aliphatic carbocycles. The molecule has 7 atom stereocenters. The molecule has 0 aromatic heterocycles. The van der Waals surface area contributed by atoms with Crippen molar-refractivity contribution in [2.75, 3.05) is 27.1 Å². The van der Waals surface area contributed by atoms with Gasteiger partial charge in [-0.05, 0) is 8.39 Å². The van der Waals surface area contributed by atoms with Crippen molar-refractivity contribution >= 4 is 59.5 Å². The van der Waals surface area contributed by atoms with Gasteiger partial charge in [-0.2, -0.15) is 0 Å². The van der Waals surface area contributed by atoms with Crippen molar-refractivity contribution in [2.45, 2.75) is 127 Å². The van der Waals surface area contributed by atoms with E-state index in [0.29, 0.717) is 61.5 Å². The summed E-state index contributed by atoms with van der Waals surface area (Å²) in [5.41, 5.74) is 1.62. The quantitative estimate of drug-likeness (QED) is 0.0253. The molecule has 1 heterocycles. The summed E-state index contributed by atoms with van der Waals surface area (Å²) in [6.45, 7) is 17.5. The fraction of sp³-hybridized carbons (Fsp3) is 0.556. The van der Waals surface area contributed by atoms with Crippen LogP contribution in [0.15, 0.2) is 72.8 Å². The van der Waals surface area contributed by atoms with Gasteiger partial charge in [-0.3, -0.25) is 0 Å². The summed E-state index contributed by atoms with van der Waals surface area (Å²) in [5.74, 6) is -0.724. The Kier molecular flexibility index (Phi) is 19.6. The number of hydrogen-bond donors (Lipinski definition) is 0. The summed E-state index contributed by atoms with van der Waals surface area (Å²) in [7, 11) is -0.0668. The molecular formula is C45H65O10PSSeSi. The van der Waals surface area contributed by atoms with Crippen molar-refractivity contribution < 1.29 is 46.9 Å². The molecule has 14 heteroatoms. The van der Waals surface area contributed by atoms with Crippen LogP contribution in [0.2, 0.25) is 25.7 Å². The van der Waals surface area contributed by atoms with Gasteiger partial charge in [0.2, 0.25) is 0 Å². The average molecular weight is 938 g/mol. The molecule has 0 amide bonds. The molecular weight excluding hydrogens is 871 g/mol. The molecule has 326 valence electrons. The number of rotatable bonds is 26. The Labute approximate surface area is 367 Å². The fourth-order valence-electron chi connectivity index (χ4n) is 6.71. The van der Waals surface area contributed by atoms with E-state index in [1.54, 1.807) is 25.3 Å². The zero-order chi connectivity index (χ0) is 43.7. The maximum atomic E-state index is 14.3. The number of carbonyl (C=O) groups excluding carboxylic acids is 2. The molecule has 4 rings (SSSR count). The Morgan fingerprint density at radius 1 is 0.949 bits per heavy atom. The number of esters is 2. The van der Waals surface area contributed by atoms with Gasteiger partial charge < -0.3 is 0 Å². The van der Waals surface area contributed by atoms with Gasteiger partial charge >= 0.3 is 359 Å². The van der Waals surface area contributed by atoms with Crippen LogP contribution < -0.4 is 13.9 Å². The van der Waals surface area contributed by atoms with Crippen molar-refractivity contribution in [3.8, 4) is 11.5 Å². The molecule has 10 nitrogen and oxygen atoms in total. The van der Waals surface area contributed by atoms with E-state index in [2.05, 4.69) is 45.6 Å². The minimum atomic E-state index is -1.50. The zero-order valence-electron chi connectivity index (χ0n) is 37.2. The molecule has 1 aliphatic heterocycles. The van der Waals surface area contributed by atoms with Crippen molar-refractivity contribution in [1.29, 1.82) is 1.28 Å². The molecule has 1 aliphatic rings. The van der Waals surface area contributed by atoms with Crippen LogP contribution in [0.5, 0.6) is 11.5 Å². The zero-order valence-corrected chi connectivity index (χ0v) is 40.7. The molecule has 3 unspecified atom stereocenters. The van der Waals surface area contributed by atoms with Gasteiger partial charge in [0.1, 0.15) is 0 Å². The van der Waals surface area contributed by atoms with E-state index in [0.717, 1.165) is 34.2 Å². The molecule has 1 saturated heterocycles. The van der Waals surface area contributed by atoms with Crippen molar-refractivity contribution in [2.24, 2.45) is 5.92 Å². The van der Waals surface area contributed by atoms with Crippen LogP contribution in [0.4, 0.5) is 0 Å². The average Bonchev–Trinajstić information content (AvgIpc) is 3.54. The van der Waals surface area contributed by atoms with Gasteiger partial charge in [0.15, 0.2) is 0 Å². The first-order valence-electron chi connectivity index (χ1n) is 21.1. The maximum absolute atomic E-state index is 14.3. The summed E-state index contributed by atoms with van der Waals surface area (Å²) >= 11 is 0.990. The third kappa shape index (κ3) is 16.1. The van der Waals surface area contributed by atoms with E-state index >= 15 is 0 Å². The Balaban J connectivity index is 1.74. The van der Waals surface area contributed by atoms with E-state index in [1.807, 2.05) is 63.2 Å². The monoisotopic (exact) mass is 938 g/mol. The Morgan fingerprint density at radius 2 is 1.66 bits per heavy atom. The standard InChI is InChI=1S/C45H65O10PSSeSi/c1-10-25-49-34-28-36(41(39(29-34)51-30-48-6)44(47)50-26-27-59(7,8)9)40(58-35-19-15-12-16-20-35)24-23-38-42(54-45(4,5)53-38)37(22-21-31(2)32(3)55-57-56)52-43(46)33-17-13-11-14-18-33/h11-20,28-29,31-32,37-38,40,42H,10,21-27,30,56H2,1-9H3/t31-,32+,37?,38-,40?,42-/m1/s1/i56T/t31-,32+,37?,38-,40?,42-,56?. The number of carbonyl (C=O) groups is 2. The first kappa shape index (κ1) is 47.6. The number of benzene rings is 3. The SMILES string of the molecule is [3H]PSO[C@@H](C)[C@H](C)CCC(OC(=O)c1ccccc1)[C@H]1OC(C)(C)O[C@@H]1CCC([Se]c1ccccc1)c1cc(OCCC)cc(OCOC)c1C(=O)OCC[Si](C)(C)C. The second kappa shape index (κ2) is 24.3. The first-order chi connectivity index (χ1) is 28.6. The summed E-state index contributed by atoms with van der Waals surface area (Å²) in [6.07, 6.45) is 1.43. The van der Waals surface area contributed by atoms with Gasteiger partial charge in [0.05, 0.1) is 1.28 Å². The Hall–Kier alpha value is -2.44. The third-order valence-corrected chi connectivity index (χ3v) is 15.2. The Morgan fingerprint density at radius 3 is 2.32 bits per heavy atom. The Bertz CT molecular complexity index is 1760. The minimum absolute atomic E-state index is 0.0552. The van der Waals surface area contributed by atoms with Gasteiger partial charge in [-0.15, -0.1) is 0 Å². The van der Waals surface area contributed by atoms with Crippen molar-refractivity contribution in [1.82, 2.24) is 0 Å². The molecule has 3 aromatic rings. The molecule has 0 N–H and O–H groups in total. The van der Waals surface area contributed by atoms with E-state index in [-0.39, 0.29) is 47.0 Å². The fourth-order valence-corrected chi connectivity index (χ4v) is 10.8. The molecule has 0 spiro atoms. The van der Waals surface area contributed by atoms with Gasteiger partial charge in [-0.1, -0.05) is 0 Å². The molecule has 0 saturated carbocycles. The van der Waals surface area contributed by atoms with Crippen LogP contribution in [0.3, 0.4) is 0 Å². The van der Waals surface area contributed by atoms with E-state index < -0.39 is 44.1 Å². The number of ether oxygens (including phenoxy) is 7. The second-order valence-electron chi connectivity index (χ2n) is 16.6. The molecule has 59 heavy (non-hydrogen) atoms. The van der Waals surface area contributed by atoms with E-state index in [1.165, 1.54) is 0 Å². The van der Waals surface area contributed by atoms with Crippen LogP contribution in [-0.2, 0) is 27.9 Å². The first-order valence-corrected chi connectivity index (χ1v) is 28.1. The van der Waals surface area contributed by atoms with E-state index in [4.69, 9.17) is 38.6 Å². The number of methoxy groups -OCH3 is 1. The van der Waals surface area contributed by atoms with Crippen LogP contribution in [-0.4, -0.2) is 93.6 Å². The van der Waals surface area contributed by atoms with Gasteiger partial charge in [0.25, 0.3) is 0 Å². The number of hydrogen-bond acceptors (Lipinski definition) is 11. The molecule has 0 radical (unpaired) electrons. The molecule has 3 aromatic carbocycles. The summed E-state index contributed by atoms with van der Waals surface area (Å²) in [6, 6.07) is 23.9. The molecule has 0 bridgehead atoms. The van der Waals surface area contributed by atoms with Crippen molar-refractivity contribution in [3.05, 3.63) is 89.5 Å². The summed E-state index contributed by atoms with van der Waals surface area (Å²) in [4.78, 5) is 27.8. The normalized spacial score (nSPS) is 18.8. The van der Waals surface area contributed by atoms with E-state index in [9.17, 15) is 9.59 Å². The van der Waals surface area contributed by atoms with Crippen molar-refractivity contribution in [3.63, 3.8) is 0 Å². The van der Waals surface area contributed by atoms with Crippen LogP contribution in [0, 0.1) is 5.92 Å². The van der Waals surface area contributed by atoms with Crippen LogP contribution in [0.25, 0.3) is 0 Å².